The molecule has 17 heavy (non-hydrogen) atoms. The topological polar surface area (TPSA) is 44.6 Å². The van der Waals surface area contributed by atoms with Gasteiger partial charge < -0.3 is 8.98 Å². The lowest BCUT2D eigenvalue weighted by atomic mass is 10.2. The molecule has 0 heterocycles. The van der Waals surface area contributed by atoms with Crippen molar-refractivity contribution in [2.24, 2.45) is 4.40 Å². The molecule has 0 radical (unpaired) electrons. The highest BCUT2D eigenvalue weighted by molar-refractivity contribution is 7.91. The maximum atomic E-state index is 11.8. The van der Waals surface area contributed by atoms with E-state index in [9.17, 15) is 4.55 Å². The summed E-state index contributed by atoms with van der Waals surface area (Å²) in [6.45, 7) is 16.4. The van der Waals surface area contributed by atoms with E-state index in [-0.39, 0.29) is 17.8 Å². The molecule has 0 fully saturated rings. The predicted molar refractivity (Wildman–Crippen MR) is 79.5 cm³/mol. The maximum Gasteiger partial charge on any atom is 0.192 e. The Hall–Kier alpha value is 0.157. The molecule has 0 aromatic carbocycles. The van der Waals surface area contributed by atoms with Crippen LogP contribution in [-0.2, 0) is 15.8 Å². The minimum Gasteiger partial charge on any atom is -0.591 e. The summed E-state index contributed by atoms with van der Waals surface area (Å²) >= 11 is -1.38. The van der Waals surface area contributed by atoms with Crippen molar-refractivity contribution in [1.29, 1.82) is 0 Å². The zero-order chi connectivity index (χ0) is 14.8. The molecule has 102 valence electrons. The van der Waals surface area contributed by atoms with Gasteiger partial charge in [0.15, 0.2) is 8.32 Å². The second kappa shape index (κ2) is 5.86. The molecule has 0 rings (SSSR count). The summed E-state index contributed by atoms with van der Waals surface area (Å²) in [5.74, 6) is 0. The van der Waals surface area contributed by atoms with Gasteiger partial charge in [0.2, 0.25) is 0 Å². The molecule has 0 saturated heterocycles. The third-order valence-corrected chi connectivity index (χ3v) is 8.80. The van der Waals surface area contributed by atoms with Crippen LogP contribution in [0.5, 0.6) is 0 Å². The minimum atomic E-state index is -1.86. The van der Waals surface area contributed by atoms with E-state index >= 15 is 0 Å². The van der Waals surface area contributed by atoms with Gasteiger partial charge in [-0.25, -0.2) is 0 Å². The van der Waals surface area contributed by atoms with Crippen LogP contribution in [0.1, 0.15) is 42.9 Å². The summed E-state index contributed by atoms with van der Waals surface area (Å²) in [6.07, 6.45) is 0.0630. The average molecular weight is 279 g/mol. The molecule has 1 unspecified atom stereocenters. The van der Waals surface area contributed by atoms with Crippen molar-refractivity contribution in [3.63, 3.8) is 0 Å². The molecule has 0 aromatic rings. The second-order valence-corrected chi connectivity index (χ2v) is 13.4. The first-order chi connectivity index (χ1) is 7.77. The third-order valence-electron chi connectivity index (χ3n) is 2.98. The minimum absolute atomic E-state index is 0.0630. The summed E-state index contributed by atoms with van der Waals surface area (Å²) in [5.41, 5.74) is 0. The summed E-state index contributed by atoms with van der Waals surface area (Å²) in [7, 11) is -1.86. The highest BCUT2D eigenvalue weighted by Crippen LogP contribution is 2.36. The molecular weight excluding hydrogens is 250 g/mol. The Kier molecular flexibility index (Phi) is 5.25. The highest BCUT2D eigenvalue weighted by atomic mass is 32.2. The van der Waals surface area contributed by atoms with Crippen LogP contribution in [0, 0.1) is 0 Å². The molecule has 0 aliphatic rings. The molecule has 3 nitrogen and oxygen atoms in total. The molecule has 0 spiro atoms. The largest absolute Gasteiger partial charge is 0.591 e. The van der Waals surface area contributed by atoms with E-state index in [1.165, 1.54) is 0 Å². The highest BCUT2D eigenvalue weighted by Gasteiger charge is 2.36. The van der Waals surface area contributed by atoms with Gasteiger partial charge in [0.25, 0.3) is 0 Å². The van der Waals surface area contributed by atoms with Crippen LogP contribution < -0.4 is 0 Å². The normalized spacial score (nSPS) is 17.9. The van der Waals surface area contributed by atoms with Crippen LogP contribution in [0.3, 0.4) is 0 Å². The quantitative estimate of drug-likeness (QED) is 0.448. The van der Waals surface area contributed by atoms with E-state index in [2.05, 4.69) is 38.3 Å². The van der Waals surface area contributed by atoms with Crippen molar-refractivity contribution >= 4 is 25.9 Å². The van der Waals surface area contributed by atoms with Crippen LogP contribution >= 0.6 is 0 Å². The summed E-state index contributed by atoms with van der Waals surface area (Å²) in [5, 5.41) is 0.108. The van der Waals surface area contributed by atoms with Gasteiger partial charge in [-0.05, 0) is 38.9 Å². The fraction of sp³-hybridized carbons (Fsp3) is 0.917. The van der Waals surface area contributed by atoms with Gasteiger partial charge in [-0.15, -0.1) is 0 Å². The third kappa shape index (κ3) is 6.04. The van der Waals surface area contributed by atoms with Crippen molar-refractivity contribution in [2.75, 3.05) is 6.61 Å². The molecule has 0 amide bonds. The van der Waals surface area contributed by atoms with Crippen LogP contribution in [0.15, 0.2) is 4.40 Å². The molecule has 5 heteroatoms. The number of hydrogen-bond donors (Lipinski definition) is 0. The number of hydrogen-bond acceptors (Lipinski definition) is 3. The first-order valence-corrected chi connectivity index (χ1v) is 9.89. The van der Waals surface area contributed by atoms with Crippen molar-refractivity contribution in [3.8, 4) is 0 Å². The molecule has 0 aliphatic heterocycles. The molecule has 0 aromatic heterocycles. The van der Waals surface area contributed by atoms with Crippen molar-refractivity contribution in [1.82, 2.24) is 0 Å². The van der Waals surface area contributed by atoms with Gasteiger partial charge in [0.1, 0.15) is 16.1 Å². The Bertz CT molecular complexity index is 308. The monoisotopic (exact) mass is 278 g/mol. The Morgan fingerprint density at radius 2 is 1.76 bits per heavy atom. The fourth-order valence-corrected chi connectivity index (χ4v) is 1.95. The number of rotatable bonds is 4. The van der Waals surface area contributed by atoms with E-state index in [4.69, 9.17) is 5.80 Å². The summed E-state index contributed by atoms with van der Waals surface area (Å²) in [4.78, 5) is 0. The number of nitrogens with zero attached hydrogens (tertiary/aromatic N) is 1. The van der Waals surface area contributed by atoms with Crippen LogP contribution in [0.4, 0.5) is 0 Å². The first kappa shape index (κ1) is 15.2. The van der Waals surface area contributed by atoms with Gasteiger partial charge in [0, 0.05) is 0 Å². The zero-order valence-corrected chi connectivity index (χ0v) is 14.2. The van der Waals surface area contributed by atoms with Crippen molar-refractivity contribution in [2.45, 2.75) is 64.4 Å². The second-order valence-electron chi connectivity index (χ2n) is 6.66. The van der Waals surface area contributed by atoms with Crippen molar-refractivity contribution < 1.29 is 10.3 Å². The Morgan fingerprint density at radius 1 is 1.29 bits per heavy atom. The lowest BCUT2D eigenvalue weighted by molar-refractivity contribution is 0.343. The van der Waals surface area contributed by atoms with E-state index < -0.39 is 24.4 Å². The van der Waals surface area contributed by atoms with E-state index in [1.807, 2.05) is 20.8 Å². The maximum absolute atomic E-state index is 11.8. The van der Waals surface area contributed by atoms with E-state index in [0.717, 1.165) is 0 Å². The summed E-state index contributed by atoms with van der Waals surface area (Å²) < 4.78 is 28.8. The SMILES string of the molecule is [2H]C(CO[Si](C)(C)C(C)(C)C)=N[S+]([O-])C(C)(C)C. The molecule has 0 aliphatic carbocycles. The molecule has 0 N–H and O–H groups in total. The van der Waals surface area contributed by atoms with E-state index in [0.29, 0.717) is 0 Å². The Balaban J connectivity index is 4.53. The zero-order valence-electron chi connectivity index (χ0n) is 13.4. The van der Waals surface area contributed by atoms with Crippen molar-refractivity contribution in [3.05, 3.63) is 0 Å². The van der Waals surface area contributed by atoms with Gasteiger partial charge >= 0.3 is 0 Å². The summed E-state index contributed by atoms with van der Waals surface area (Å²) in [6, 6.07) is 0. The van der Waals surface area contributed by atoms with Crippen LogP contribution in [-0.4, -0.2) is 30.4 Å². The molecule has 0 bridgehead atoms. The molecule has 0 saturated carbocycles. The first-order valence-electron chi connectivity index (χ1n) is 6.37. The Morgan fingerprint density at radius 3 is 2.12 bits per heavy atom. The predicted octanol–water partition coefficient (Wildman–Crippen LogP) is 3.54. The van der Waals surface area contributed by atoms with Gasteiger partial charge in [0.05, 0.1) is 14.2 Å². The van der Waals surface area contributed by atoms with Crippen LogP contribution in [0.2, 0.25) is 18.1 Å². The van der Waals surface area contributed by atoms with Gasteiger partial charge in [-0.2, -0.15) is 0 Å². The lowest BCUT2D eigenvalue weighted by Gasteiger charge is -2.35. The van der Waals surface area contributed by atoms with Gasteiger partial charge in [-0.3, -0.25) is 0 Å². The molecule has 1 atom stereocenters. The fourth-order valence-electron chi connectivity index (χ4n) is 0.651. The van der Waals surface area contributed by atoms with E-state index in [1.54, 1.807) is 0 Å². The van der Waals surface area contributed by atoms with Crippen LogP contribution in [0.25, 0.3) is 0 Å². The average Bonchev–Trinajstić information content (AvgIpc) is 2.11. The molecular formula is C12H27NO2SSi. The smallest absolute Gasteiger partial charge is 0.192 e. The standard InChI is InChI=1S/C12H27NO2SSi/c1-11(2,3)16(14)13-9-10-15-17(7,8)12(4,5)6/h9H,10H2,1-8H3/i9D. The lowest BCUT2D eigenvalue weighted by Crippen LogP contribution is -2.41. The van der Waals surface area contributed by atoms with Gasteiger partial charge in [-0.1, -0.05) is 25.2 Å². The Labute approximate surface area is 112 Å².